The van der Waals surface area contributed by atoms with Crippen molar-refractivity contribution >= 4 is 17.7 Å². The molecular weight excluding hydrogens is 272 g/mol. The van der Waals surface area contributed by atoms with E-state index in [1.165, 1.54) is 0 Å². The number of nitrogens with zero attached hydrogens (tertiary/aromatic N) is 2. The molecule has 1 heterocycles. The van der Waals surface area contributed by atoms with Crippen LogP contribution < -0.4 is 11.1 Å². The minimum Gasteiger partial charge on any atom is -0.368 e. The van der Waals surface area contributed by atoms with Crippen molar-refractivity contribution in [1.82, 2.24) is 15.3 Å². The van der Waals surface area contributed by atoms with Crippen molar-refractivity contribution in [3.63, 3.8) is 0 Å². The molecule has 0 spiro atoms. The van der Waals surface area contributed by atoms with Crippen LogP contribution in [0.2, 0.25) is 0 Å². The molecule has 0 aliphatic heterocycles. The van der Waals surface area contributed by atoms with Gasteiger partial charge in [-0.1, -0.05) is 18.2 Å². The summed E-state index contributed by atoms with van der Waals surface area (Å²) in [6.07, 6.45) is 8.60. The average molecular weight is 294 g/mol. The van der Waals surface area contributed by atoms with Crippen LogP contribution in [0.15, 0.2) is 23.6 Å². The molecule has 1 atom stereocenters. The topological polar surface area (TPSA) is 80.9 Å². The molecule has 1 unspecified atom stereocenters. The summed E-state index contributed by atoms with van der Waals surface area (Å²) >= 11 is 1.65. The summed E-state index contributed by atoms with van der Waals surface area (Å²) in [5.74, 6) is 0.714. The standard InChI is InChI=1S/C14H22N4OS/c1-14(12(15)19,18-11-5-6-11)7-2-3-10-20-13-16-8-4-9-17-13/h4,8-9,11,18H,2-3,5-7,10H2,1H3,(H2,15,19). The second-order valence-electron chi connectivity index (χ2n) is 5.45. The molecule has 0 saturated heterocycles. The van der Waals surface area contributed by atoms with E-state index in [2.05, 4.69) is 15.3 Å². The molecule has 1 aromatic heterocycles. The third kappa shape index (κ3) is 4.76. The highest BCUT2D eigenvalue weighted by Crippen LogP contribution is 2.25. The summed E-state index contributed by atoms with van der Waals surface area (Å²) in [7, 11) is 0. The van der Waals surface area contributed by atoms with Crippen molar-refractivity contribution in [3.05, 3.63) is 18.5 Å². The zero-order valence-corrected chi connectivity index (χ0v) is 12.7. The fourth-order valence-corrected chi connectivity index (χ4v) is 2.85. The van der Waals surface area contributed by atoms with Crippen LogP contribution in [0.5, 0.6) is 0 Å². The van der Waals surface area contributed by atoms with Crippen LogP contribution in [-0.4, -0.2) is 33.2 Å². The summed E-state index contributed by atoms with van der Waals surface area (Å²) in [6.45, 7) is 1.92. The van der Waals surface area contributed by atoms with E-state index in [1.54, 1.807) is 24.2 Å². The summed E-state index contributed by atoms with van der Waals surface area (Å²) in [6, 6.07) is 2.30. The van der Waals surface area contributed by atoms with Gasteiger partial charge in [0.15, 0.2) is 5.16 Å². The van der Waals surface area contributed by atoms with Crippen molar-refractivity contribution in [1.29, 1.82) is 0 Å². The molecular formula is C14H22N4OS. The van der Waals surface area contributed by atoms with E-state index in [0.29, 0.717) is 6.04 Å². The van der Waals surface area contributed by atoms with Crippen molar-refractivity contribution in [2.75, 3.05) is 5.75 Å². The molecule has 3 N–H and O–H groups in total. The predicted molar refractivity (Wildman–Crippen MR) is 80.4 cm³/mol. The number of carbonyl (C=O) groups is 1. The smallest absolute Gasteiger partial charge is 0.237 e. The molecule has 1 amide bonds. The van der Waals surface area contributed by atoms with Gasteiger partial charge in [0.2, 0.25) is 5.91 Å². The average Bonchev–Trinajstić information content (AvgIpc) is 3.23. The number of amides is 1. The van der Waals surface area contributed by atoms with E-state index < -0.39 is 5.54 Å². The Hall–Kier alpha value is -1.14. The molecule has 5 nitrogen and oxygen atoms in total. The van der Waals surface area contributed by atoms with Crippen molar-refractivity contribution in [2.24, 2.45) is 5.73 Å². The third-order valence-electron chi connectivity index (χ3n) is 3.49. The van der Waals surface area contributed by atoms with Gasteiger partial charge in [0.25, 0.3) is 0 Å². The van der Waals surface area contributed by atoms with Gasteiger partial charge < -0.3 is 11.1 Å². The van der Waals surface area contributed by atoms with Gasteiger partial charge in [-0.3, -0.25) is 4.79 Å². The van der Waals surface area contributed by atoms with Crippen LogP contribution in [0.4, 0.5) is 0 Å². The highest BCUT2D eigenvalue weighted by molar-refractivity contribution is 7.99. The predicted octanol–water partition coefficient (Wildman–Crippen LogP) is 1.73. The molecule has 2 rings (SSSR count). The van der Waals surface area contributed by atoms with Crippen LogP contribution in [0.25, 0.3) is 0 Å². The maximum Gasteiger partial charge on any atom is 0.237 e. The number of nitrogens with one attached hydrogen (secondary N) is 1. The minimum absolute atomic E-state index is 0.247. The number of unbranched alkanes of at least 4 members (excludes halogenated alkanes) is 1. The van der Waals surface area contributed by atoms with E-state index in [4.69, 9.17) is 5.73 Å². The lowest BCUT2D eigenvalue weighted by atomic mass is 9.94. The molecule has 0 radical (unpaired) electrons. The first-order valence-electron chi connectivity index (χ1n) is 7.07. The first-order valence-corrected chi connectivity index (χ1v) is 8.06. The number of hydrogen-bond donors (Lipinski definition) is 2. The Labute approximate surface area is 124 Å². The van der Waals surface area contributed by atoms with E-state index in [0.717, 1.165) is 43.0 Å². The summed E-state index contributed by atoms with van der Waals surface area (Å²) in [5.41, 5.74) is 4.97. The zero-order chi connectivity index (χ0) is 14.4. The summed E-state index contributed by atoms with van der Waals surface area (Å²) in [4.78, 5) is 19.9. The molecule has 0 bridgehead atoms. The van der Waals surface area contributed by atoms with Crippen LogP contribution in [0.3, 0.4) is 0 Å². The van der Waals surface area contributed by atoms with Crippen LogP contribution >= 0.6 is 11.8 Å². The summed E-state index contributed by atoms with van der Waals surface area (Å²) < 4.78 is 0. The first-order chi connectivity index (χ1) is 9.60. The van der Waals surface area contributed by atoms with Crippen LogP contribution in [0, 0.1) is 0 Å². The first kappa shape index (κ1) is 15.3. The number of thioether (sulfide) groups is 1. The molecule has 1 aromatic rings. The van der Waals surface area contributed by atoms with E-state index in [1.807, 2.05) is 13.0 Å². The van der Waals surface area contributed by atoms with Crippen molar-refractivity contribution in [3.8, 4) is 0 Å². The van der Waals surface area contributed by atoms with Crippen LogP contribution in [-0.2, 0) is 4.79 Å². The van der Waals surface area contributed by atoms with Gasteiger partial charge in [-0.2, -0.15) is 0 Å². The number of primary amides is 1. The maximum absolute atomic E-state index is 11.6. The highest BCUT2D eigenvalue weighted by Gasteiger charge is 2.36. The molecule has 1 aliphatic carbocycles. The molecule has 6 heteroatoms. The number of aromatic nitrogens is 2. The highest BCUT2D eigenvalue weighted by atomic mass is 32.2. The lowest BCUT2D eigenvalue weighted by Crippen LogP contribution is -2.53. The molecule has 110 valence electrons. The quantitative estimate of drug-likeness (QED) is 0.412. The second-order valence-corrected chi connectivity index (χ2v) is 6.51. The maximum atomic E-state index is 11.6. The number of carbonyl (C=O) groups excluding carboxylic acids is 1. The van der Waals surface area contributed by atoms with Gasteiger partial charge in [0.05, 0.1) is 5.54 Å². The second kappa shape index (κ2) is 7.04. The van der Waals surface area contributed by atoms with Gasteiger partial charge >= 0.3 is 0 Å². The van der Waals surface area contributed by atoms with Gasteiger partial charge in [0.1, 0.15) is 0 Å². The number of rotatable bonds is 9. The largest absolute Gasteiger partial charge is 0.368 e. The molecule has 20 heavy (non-hydrogen) atoms. The lowest BCUT2D eigenvalue weighted by Gasteiger charge is -2.27. The van der Waals surface area contributed by atoms with Gasteiger partial charge in [-0.15, -0.1) is 0 Å². The molecule has 1 saturated carbocycles. The normalized spacial score (nSPS) is 17.6. The number of hydrogen-bond acceptors (Lipinski definition) is 5. The zero-order valence-electron chi connectivity index (χ0n) is 11.8. The van der Waals surface area contributed by atoms with Crippen molar-refractivity contribution < 1.29 is 4.79 Å². The molecule has 0 aromatic carbocycles. The van der Waals surface area contributed by atoms with Crippen molar-refractivity contribution in [2.45, 2.75) is 55.8 Å². The fraction of sp³-hybridized carbons (Fsp3) is 0.643. The summed E-state index contributed by atoms with van der Waals surface area (Å²) in [5, 5.41) is 4.18. The van der Waals surface area contributed by atoms with E-state index >= 15 is 0 Å². The lowest BCUT2D eigenvalue weighted by molar-refractivity contribution is -0.124. The Kier molecular flexibility index (Phi) is 5.37. The Morgan fingerprint density at radius 2 is 2.15 bits per heavy atom. The molecule has 1 aliphatic rings. The van der Waals surface area contributed by atoms with Gasteiger partial charge in [-0.05, 0) is 38.7 Å². The van der Waals surface area contributed by atoms with Gasteiger partial charge in [-0.25, -0.2) is 9.97 Å². The van der Waals surface area contributed by atoms with Gasteiger partial charge in [0, 0.05) is 24.2 Å². The minimum atomic E-state index is -0.560. The molecule has 1 fully saturated rings. The Morgan fingerprint density at radius 3 is 2.75 bits per heavy atom. The van der Waals surface area contributed by atoms with E-state index in [9.17, 15) is 4.79 Å². The fourth-order valence-electron chi connectivity index (χ4n) is 2.05. The Balaban J connectivity index is 1.67. The SMILES string of the molecule is CC(CCCCSc1ncccn1)(NC1CC1)C(N)=O. The van der Waals surface area contributed by atoms with E-state index in [-0.39, 0.29) is 5.91 Å². The monoisotopic (exact) mass is 294 g/mol. The number of nitrogens with two attached hydrogens (primary N) is 1. The Morgan fingerprint density at radius 1 is 1.45 bits per heavy atom. The third-order valence-corrected chi connectivity index (χ3v) is 4.45. The Bertz CT molecular complexity index is 438. The van der Waals surface area contributed by atoms with Crippen LogP contribution in [0.1, 0.15) is 39.0 Å².